The van der Waals surface area contributed by atoms with Crippen molar-refractivity contribution in [3.63, 3.8) is 0 Å². The first-order valence-corrected chi connectivity index (χ1v) is 3.45. The molecule has 0 saturated carbocycles. The number of Topliss-reactive ketones (excluding diaryl/α,β-unsaturated/α-hetero) is 1. The van der Waals surface area contributed by atoms with Crippen molar-refractivity contribution in [3.8, 4) is 0 Å². The molecule has 0 N–H and O–H groups in total. The zero-order chi connectivity index (χ0) is 8.69. The molecule has 2 nitrogen and oxygen atoms in total. The summed E-state index contributed by atoms with van der Waals surface area (Å²) in [5.74, 6) is 0.125. The van der Waals surface area contributed by atoms with Crippen LogP contribution in [-0.4, -0.2) is 12.1 Å². The van der Waals surface area contributed by atoms with Crippen LogP contribution in [0.3, 0.4) is 0 Å². The van der Waals surface area contributed by atoms with Crippen LogP contribution in [-0.2, 0) is 9.59 Å². The Morgan fingerprint density at radius 1 is 1.36 bits per heavy atom. The zero-order valence-electron chi connectivity index (χ0n) is 6.83. The second kappa shape index (κ2) is 5.59. The van der Waals surface area contributed by atoms with E-state index >= 15 is 0 Å². The van der Waals surface area contributed by atoms with Crippen LogP contribution >= 0.6 is 0 Å². The molecule has 0 unspecified atom stereocenters. The van der Waals surface area contributed by atoms with Gasteiger partial charge in [-0.1, -0.05) is 12.2 Å². The number of allylic oxidation sites excluding steroid dienone is 4. The highest BCUT2D eigenvalue weighted by Crippen LogP contribution is 1.94. The van der Waals surface area contributed by atoms with E-state index in [4.69, 9.17) is 0 Å². The van der Waals surface area contributed by atoms with Gasteiger partial charge in [-0.15, -0.1) is 0 Å². The quantitative estimate of drug-likeness (QED) is 0.349. The molecule has 0 amide bonds. The molecule has 0 aliphatic rings. The lowest BCUT2D eigenvalue weighted by molar-refractivity contribution is -0.116. The van der Waals surface area contributed by atoms with E-state index in [-0.39, 0.29) is 5.78 Å². The second-order valence-electron chi connectivity index (χ2n) is 2.36. The van der Waals surface area contributed by atoms with Gasteiger partial charge in [-0.3, -0.25) is 9.59 Å². The van der Waals surface area contributed by atoms with Crippen LogP contribution in [0.25, 0.3) is 0 Å². The molecule has 0 aliphatic carbocycles. The summed E-state index contributed by atoms with van der Waals surface area (Å²) in [4.78, 5) is 20.4. The Morgan fingerprint density at radius 2 is 2.00 bits per heavy atom. The molecule has 0 aromatic heterocycles. The summed E-state index contributed by atoms with van der Waals surface area (Å²) in [5, 5.41) is 0. The standard InChI is InChI=1S/C9H12O2/c1-8(6-7-10)4-3-5-9(2)11/h3-4,6-7H,5H2,1-2H3. The first kappa shape index (κ1) is 9.82. The number of hydrogen-bond acceptors (Lipinski definition) is 2. The first-order valence-electron chi connectivity index (χ1n) is 3.45. The van der Waals surface area contributed by atoms with Gasteiger partial charge in [0.2, 0.25) is 0 Å². The molecule has 0 aliphatic heterocycles. The summed E-state index contributed by atoms with van der Waals surface area (Å²) in [7, 11) is 0. The predicted octanol–water partition coefficient (Wildman–Crippen LogP) is 1.67. The van der Waals surface area contributed by atoms with E-state index in [2.05, 4.69) is 0 Å². The van der Waals surface area contributed by atoms with Crippen LogP contribution in [0.5, 0.6) is 0 Å². The van der Waals surface area contributed by atoms with Crippen LogP contribution in [0.2, 0.25) is 0 Å². The van der Waals surface area contributed by atoms with Crippen molar-refractivity contribution in [3.05, 3.63) is 23.8 Å². The first-order chi connectivity index (χ1) is 5.16. The summed E-state index contributed by atoms with van der Waals surface area (Å²) in [5.41, 5.74) is 0.862. The van der Waals surface area contributed by atoms with Crippen molar-refractivity contribution in [1.82, 2.24) is 0 Å². The summed E-state index contributed by atoms with van der Waals surface area (Å²) in [6.07, 6.45) is 6.13. The van der Waals surface area contributed by atoms with Crippen molar-refractivity contribution < 1.29 is 9.59 Å². The van der Waals surface area contributed by atoms with Gasteiger partial charge >= 0.3 is 0 Å². The Hall–Kier alpha value is -1.18. The topological polar surface area (TPSA) is 34.1 Å². The third kappa shape index (κ3) is 6.71. The predicted molar refractivity (Wildman–Crippen MR) is 44.3 cm³/mol. The van der Waals surface area contributed by atoms with Gasteiger partial charge in [-0.2, -0.15) is 0 Å². The molecule has 0 rings (SSSR count). The van der Waals surface area contributed by atoms with Crippen LogP contribution in [0.1, 0.15) is 20.3 Å². The molecular formula is C9H12O2. The SMILES string of the molecule is CC(=O)CC=CC(C)=CC=O. The average Bonchev–Trinajstić information content (AvgIpc) is 1.87. The van der Waals surface area contributed by atoms with Crippen LogP contribution < -0.4 is 0 Å². The maximum atomic E-state index is 10.4. The number of hydrogen-bond donors (Lipinski definition) is 0. The lowest BCUT2D eigenvalue weighted by Crippen LogP contribution is -1.84. The average molecular weight is 152 g/mol. The Labute approximate surface area is 66.6 Å². The Balaban J connectivity index is 3.83. The zero-order valence-corrected chi connectivity index (χ0v) is 6.83. The Kier molecular flexibility index (Phi) is 4.99. The molecule has 0 saturated heterocycles. The smallest absolute Gasteiger partial charge is 0.143 e. The van der Waals surface area contributed by atoms with Gasteiger partial charge in [0, 0.05) is 6.42 Å². The molecule has 0 heterocycles. The minimum atomic E-state index is 0.125. The molecule has 0 atom stereocenters. The molecule has 0 fully saturated rings. The molecular weight excluding hydrogens is 140 g/mol. The van der Waals surface area contributed by atoms with E-state index in [1.165, 1.54) is 13.0 Å². The van der Waals surface area contributed by atoms with Crippen LogP contribution in [0, 0.1) is 0 Å². The summed E-state index contributed by atoms with van der Waals surface area (Å²) in [6.45, 7) is 3.34. The minimum absolute atomic E-state index is 0.125. The number of carbonyl (C=O) groups is 2. The van der Waals surface area contributed by atoms with Gasteiger partial charge in [-0.05, 0) is 25.5 Å². The molecule has 60 valence electrons. The molecule has 11 heavy (non-hydrogen) atoms. The maximum Gasteiger partial charge on any atom is 0.143 e. The largest absolute Gasteiger partial charge is 0.300 e. The number of rotatable bonds is 4. The lowest BCUT2D eigenvalue weighted by Gasteiger charge is -1.86. The van der Waals surface area contributed by atoms with E-state index in [1.54, 1.807) is 12.2 Å². The highest BCUT2D eigenvalue weighted by Gasteiger charge is 1.85. The normalized spacial score (nSPS) is 12.0. The van der Waals surface area contributed by atoms with E-state index < -0.39 is 0 Å². The molecule has 0 spiro atoms. The molecule has 2 heteroatoms. The van der Waals surface area contributed by atoms with Gasteiger partial charge in [0.1, 0.15) is 12.1 Å². The minimum Gasteiger partial charge on any atom is -0.300 e. The van der Waals surface area contributed by atoms with Gasteiger partial charge in [0.25, 0.3) is 0 Å². The van der Waals surface area contributed by atoms with Crippen molar-refractivity contribution in [1.29, 1.82) is 0 Å². The molecule has 0 aromatic carbocycles. The van der Waals surface area contributed by atoms with Gasteiger partial charge in [0.05, 0.1) is 0 Å². The lowest BCUT2D eigenvalue weighted by atomic mass is 10.2. The van der Waals surface area contributed by atoms with Gasteiger partial charge in [-0.25, -0.2) is 0 Å². The second-order valence-corrected chi connectivity index (χ2v) is 2.36. The number of aldehydes is 1. The van der Waals surface area contributed by atoms with E-state index in [0.29, 0.717) is 6.42 Å². The third-order valence-corrected chi connectivity index (χ3v) is 1.12. The highest BCUT2D eigenvalue weighted by atomic mass is 16.1. The number of carbonyl (C=O) groups excluding carboxylic acids is 2. The summed E-state index contributed by atoms with van der Waals surface area (Å²) < 4.78 is 0. The molecule has 0 radical (unpaired) electrons. The monoisotopic (exact) mass is 152 g/mol. The maximum absolute atomic E-state index is 10.4. The van der Waals surface area contributed by atoms with Gasteiger partial charge < -0.3 is 0 Å². The molecule has 0 bridgehead atoms. The van der Waals surface area contributed by atoms with E-state index in [9.17, 15) is 9.59 Å². The molecule has 0 aromatic rings. The van der Waals surface area contributed by atoms with Crippen molar-refractivity contribution in [2.75, 3.05) is 0 Å². The Morgan fingerprint density at radius 3 is 2.45 bits per heavy atom. The summed E-state index contributed by atoms with van der Waals surface area (Å²) in [6, 6.07) is 0. The highest BCUT2D eigenvalue weighted by molar-refractivity contribution is 5.77. The van der Waals surface area contributed by atoms with Crippen LogP contribution in [0.15, 0.2) is 23.8 Å². The van der Waals surface area contributed by atoms with Crippen molar-refractivity contribution in [2.24, 2.45) is 0 Å². The fraction of sp³-hybridized carbons (Fsp3) is 0.333. The van der Waals surface area contributed by atoms with Crippen LogP contribution in [0.4, 0.5) is 0 Å². The third-order valence-electron chi connectivity index (χ3n) is 1.12. The van der Waals surface area contributed by atoms with E-state index in [1.807, 2.05) is 6.92 Å². The van der Waals surface area contributed by atoms with Gasteiger partial charge in [0.15, 0.2) is 0 Å². The van der Waals surface area contributed by atoms with Crippen molar-refractivity contribution >= 4 is 12.1 Å². The number of ketones is 1. The van der Waals surface area contributed by atoms with Crippen molar-refractivity contribution in [2.45, 2.75) is 20.3 Å². The van der Waals surface area contributed by atoms with E-state index in [0.717, 1.165) is 11.9 Å². The summed E-state index contributed by atoms with van der Waals surface area (Å²) >= 11 is 0. The fourth-order valence-corrected chi connectivity index (χ4v) is 0.574. The Bertz CT molecular complexity index is 200. The fourth-order valence-electron chi connectivity index (χ4n) is 0.574.